The van der Waals surface area contributed by atoms with E-state index in [1.807, 2.05) is 39.0 Å². The zero-order chi connectivity index (χ0) is 23.7. The van der Waals surface area contributed by atoms with E-state index in [2.05, 4.69) is 0 Å². The Balaban J connectivity index is 1.85. The first-order valence-corrected chi connectivity index (χ1v) is 10.5. The van der Waals surface area contributed by atoms with E-state index in [1.165, 1.54) is 0 Å². The van der Waals surface area contributed by atoms with Crippen molar-refractivity contribution in [3.8, 4) is 11.5 Å². The van der Waals surface area contributed by atoms with Crippen LogP contribution in [0.1, 0.15) is 46.8 Å². The Hall–Kier alpha value is -3.35. The molecule has 0 heterocycles. The quantitative estimate of drug-likeness (QED) is 0.389. The van der Waals surface area contributed by atoms with E-state index >= 15 is 0 Å². The summed E-state index contributed by atoms with van der Waals surface area (Å²) >= 11 is 0. The van der Waals surface area contributed by atoms with Gasteiger partial charge in [-0.25, -0.2) is 0 Å². The summed E-state index contributed by atoms with van der Waals surface area (Å²) in [7, 11) is 3.11. The summed E-state index contributed by atoms with van der Waals surface area (Å²) < 4.78 is 15.6. The summed E-state index contributed by atoms with van der Waals surface area (Å²) in [6.07, 6.45) is -0.0283. The zero-order valence-electron chi connectivity index (χ0n) is 19.4. The molecular formula is C25H31NO6. The molecule has 7 heteroatoms. The molecule has 0 spiro atoms. The minimum absolute atomic E-state index is 0.0403. The molecular weight excluding hydrogens is 410 g/mol. The monoisotopic (exact) mass is 441 g/mol. The molecule has 0 aliphatic heterocycles. The molecule has 0 N–H and O–H groups in total. The van der Waals surface area contributed by atoms with E-state index in [-0.39, 0.29) is 31.1 Å². The molecule has 2 rings (SSSR count). The molecule has 1 amide bonds. The molecule has 0 unspecified atom stereocenters. The van der Waals surface area contributed by atoms with Gasteiger partial charge in [0.2, 0.25) is 0 Å². The maximum Gasteiger partial charge on any atom is 0.306 e. The van der Waals surface area contributed by atoms with E-state index in [4.69, 9.17) is 14.2 Å². The van der Waals surface area contributed by atoms with Gasteiger partial charge in [-0.2, -0.15) is 0 Å². The normalized spacial score (nSPS) is 10.4. The molecule has 0 aliphatic rings. The van der Waals surface area contributed by atoms with Gasteiger partial charge in [-0.15, -0.1) is 0 Å². The van der Waals surface area contributed by atoms with Crippen LogP contribution in [0.5, 0.6) is 11.5 Å². The third-order valence-corrected chi connectivity index (χ3v) is 5.30. The molecule has 32 heavy (non-hydrogen) atoms. The second-order valence-corrected chi connectivity index (χ2v) is 7.48. The highest BCUT2D eigenvalue weighted by Gasteiger charge is 2.17. The number of benzene rings is 2. The van der Waals surface area contributed by atoms with Crippen LogP contribution in [0.2, 0.25) is 0 Å². The van der Waals surface area contributed by atoms with Crippen molar-refractivity contribution in [2.45, 2.75) is 40.2 Å². The van der Waals surface area contributed by atoms with E-state index < -0.39 is 5.97 Å². The number of methoxy groups -OCH3 is 2. The highest BCUT2D eigenvalue weighted by atomic mass is 16.5. The molecule has 0 aliphatic carbocycles. The lowest BCUT2D eigenvalue weighted by atomic mass is 10.0. The minimum atomic E-state index is -0.572. The second-order valence-electron chi connectivity index (χ2n) is 7.48. The highest BCUT2D eigenvalue weighted by molar-refractivity contribution is 5.97. The Kier molecular flexibility index (Phi) is 9.25. The fourth-order valence-electron chi connectivity index (χ4n) is 3.16. The Morgan fingerprint density at radius 3 is 2.22 bits per heavy atom. The summed E-state index contributed by atoms with van der Waals surface area (Å²) in [5, 5.41) is 0. The Labute approximate surface area is 189 Å². The van der Waals surface area contributed by atoms with Crippen molar-refractivity contribution in [3.05, 3.63) is 58.7 Å². The molecule has 0 bridgehead atoms. The number of carbonyl (C=O) groups excluding carboxylic acids is 3. The fourth-order valence-corrected chi connectivity index (χ4v) is 3.16. The second kappa shape index (κ2) is 11.9. The molecule has 0 fully saturated rings. The van der Waals surface area contributed by atoms with Gasteiger partial charge in [0, 0.05) is 25.1 Å². The maximum atomic E-state index is 12.5. The van der Waals surface area contributed by atoms with Crippen LogP contribution in [0.25, 0.3) is 0 Å². The van der Waals surface area contributed by atoms with Crippen molar-refractivity contribution in [1.82, 2.24) is 4.90 Å². The van der Waals surface area contributed by atoms with E-state index in [0.29, 0.717) is 30.2 Å². The van der Waals surface area contributed by atoms with Gasteiger partial charge in [-0.05, 0) is 55.7 Å². The van der Waals surface area contributed by atoms with Gasteiger partial charge in [-0.1, -0.05) is 18.2 Å². The van der Waals surface area contributed by atoms with Crippen LogP contribution in [0, 0.1) is 13.8 Å². The number of Topliss-reactive ketones (excluding diaryl/α,β-unsaturated/α-hetero) is 1. The van der Waals surface area contributed by atoms with Crippen molar-refractivity contribution in [1.29, 1.82) is 0 Å². The van der Waals surface area contributed by atoms with Crippen LogP contribution in [0.3, 0.4) is 0 Å². The number of aryl methyl sites for hydroxylation is 2. The molecule has 172 valence electrons. The number of likely N-dealkylation sites (N-methyl/N-ethyl adjacent to an activating group) is 1. The molecule has 0 aromatic heterocycles. The van der Waals surface area contributed by atoms with Crippen LogP contribution in [0.4, 0.5) is 0 Å². The SMILES string of the molecule is CCN(Cc1ccc(OC)c(OC)c1)C(=O)COC(=O)CCC(=O)c1ccc(C)c(C)c1. The average Bonchev–Trinajstić information content (AvgIpc) is 2.80. The van der Waals surface area contributed by atoms with Crippen LogP contribution in [0.15, 0.2) is 36.4 Å². The van der Waals surface area contributed by atoms with Gasteiger partial charge in [0.1, 0.15) is 0 Å². The number of amides is 1. The van der Waals surface area contributed by atoms with Crippen LogP contribution >= 0.6 is 0 Å². The highest BCUT2D eigenvalue weighted by Crippen LogP contribution is 2.28. The van der Waals surface area contributed by atoms with Crippen molar-refractivity contribution in [2.75, 3.05) is 27.4 Å². The standard InChI is InChI=1S/C25H31NO6/c1-6-26(15-19-8-11-22(30-4)23(14-19)31-5)24(28)16-32-25(29)12-10-21(27)20-9-7-17(2)18(3)13-20/h7-9,11,13-14H,6,10,12,15-16H2,1-5H3. The predicted octanol–water partition coefficient (Wildman–Crippen LogP) is 3.88. The third kappa shape index (κ3) is 6.83. The van der Waals surface area contributed by atoms with E-state index in [9.17, 15) is 14.4 Å². The number of esters is 1. The van der Waals surface area contributed by atoms with Crippen molar-refractivity contribution in [3.63, 3.8) is 0 Å². The van der Waals surface area contributed by atoms with Gasteiger partial charge in [0.05, 0.1) is 20.6 Å². The Bertz CT molecular complexity index is 969. The number of ketones is 1. The summed E-state index contributed by atoms with van der Waals surface area (Å²) in [6.45, 7) is 6.20. The molecule has 0 saturated carbocycles. The van der Waals surface area contributed by atoms with E-state index in [1.54, 1.807) is 37.3 Å². The fraction of sp³-hybridized carbons (Fsp3) is 0.400. The largest absolute Gasteiger partial charge is 0.493 e. The maximum absolute atomic E-state index is 12.5. The molecule has 7 nitrogen and oxygen atoms in total. The average molecular weight is 442 g/mol. The smallest absolute Gasteiger partial charge is 0.306 e. The lowest BCUT2D eigenvalue weighted by Gasteiger charge is -2.21. The first kappa shape index (κ1) is 24.9. The van der Waals surface area contributed by atoms with Crippen LogP contribution in [-0.4, -0.2) is 49.9 Å². The Morgan fingerprint density at radius 2 is 1.59 bits per heavy atom. The van der Waals surface area contributed by atoms with E-state index in [0.717, 1.165) is 16.7 Å². The lowest BCUT2D eigenvalue weighted by molar-refractivity contribution is -0.152. The number of hydrogen-bond donors (Lipinski definition) is 0. The summed E-state index contributed by atoms with van der Waals surface area (Å²) in [5.74, 6) is 0.178. The number of carbonyl (C=O) groups is 3. The topological polar surface area (TPSA) is 82.1 Å². The number of nitrogens with zero attached hydrogens (tertiary/aromatic N) is 1. The zero-order valence-corrected chi connectivity index (χ0v) is 19.4. The van der Waals surface area contributed by atoms with Crippen molar-refractivity contribution in [2.24, 2.45) is 0 Å². The Morgan fingerprint density at radius 1 is 0.875 bits per heavy atom. The third-order valence-electron chi connectivity index (χ3n) is 5.30. The van der Waals surface area contributed by atoms with Gasteiger partial charge in [0.15, 0.2) is 23.9 Å². The molecule has 0 atom stereocenters. The van der Waals surface area contributed by atoms with Crippen LogP contribution < -0.4 is 9.47 Å². The molecule has 2 aromatic carbocycles. The number of ether oxygens (including phenoxy) is 3. The molecule has 0 radical (unpaired) electrons. The lowest BCUT2D eigenvalue weighted by Crippen LogP contribution is -2.34. The first-order chi connectivity index (χ1) is 15.3. The van der Waals surface area contributed by atoms with Gasteiger partial charge in [0.25, 0.3) is 5.91 Å². The first-order valence-electron chi connectivity index (χ1n) is 10.5. The minimum Gasteiger partial charge on any atom is -0.493 e. The van der Waals surface area contributed by atoms with Gasteiger partial charge in [-0.3, -0.25) is 14.4 Å². The van der Waals surface area contributed by atoms with Gasteiger partial charge >= 0.3 is 5.97 Å². The van der Waals surface area contributed by atoms with Crippen molar-refractivity contribution >= 4 is 17.7 Å². The van der Waals surface area contributed by atoms with Gasteiger partial charge < -0.3 is 19.1 Å². The molecule has 2 aromatic rings. The number of hydrogen-bond acceptors (Lipinski definition) is 6. The predicted molar refractivity (Wildman–Crippen MR) is 121 cm³/mol. The van der Waals surface area contributed by atoms with Crippen LogP contribution in [-0.2, 0) is 20.9 Å². The number of rotatable bonds is 11. The molecule has 0 saturated heterocycles. The summed E-state index contributed by atoms with van der Waals surface area (Å²) in [6, 6.07) is 10.9. The summed E-state index contributed by atoms with van der Waals surface area (Å²) in [5.41, 5.74) is 3.57. The summed E-state index contributed by atoms with van der Waals surface area (Å²) in [4.78, 5) is 38.5. The van der Waals surface area contributed by atoms with Crippen molar-refractivity contribution < 1.29 is 28.6 Å².